The largest absolute Gasteiger partial charge is 0.467 e. The highest BCUT2D eigenvalue weighted by atomic mass is 32.2. The van der Waals surface area contributed by atoms with Gasteiger partial charge in [-0.15, -0.1) is 23.5 Å². The minimum Gasteiger partial charge on any atom is -0.467 e. The summed E-state index contributed by atoms with van der Waals surface area (Å²) in [4.78, 5) is 12.6. The molecule has 1 saturated heterocycles. The molecule has 1 N–H and O–H groups in total. The lowest BCUT2D eigenvalue weighted by atomic mass is 9.67. The van der Waals surface area contributed by atoms with Crippen molar-refractivity contribution in [3.63, 3.8) is 0 Å². The first-order valence-electron chi connectivity index (χ1n) is 8.36. The number of furan rings is 1. The number of hydrogen-bond acceptors (Lipinski definition) is 4. The van der Waals surface area contributed by atoms with Crippen LogP contribution in [0.15, 0.2) is 22.8 Å². The summed E-state index contributed by atoms with van der Waals surface area (Å²) >= 11 is 4.40. The van der Waals surface area contributed by atoms with Crippen LogP contribution in [-0.2, 0) is 11.3 Å². The van der Waals surface area contributed by atoms with E-state index < -0.39 is 0 Å². The summed E-state index contributed by atoms with van der Waals surface area (Å²) in [5.41, 5.74) is 0. The van der Waals surface area contributed by atoms with Gasteiger partial charge in [-0.1, -0.05) is 6.42 Å². The Labute approximate surface area is 140 Å². The Morgan fingerprint density at radius 3 is 2.64 bits per heavy atom. The van der Waals surface area contributed by atoms with Gasteiger partial charge in [0.25, 0.3) is 0 Å². The van der Waals surface area contributed by atoms with E-state index in [1.54, 1.807) is 6.26 Å². The van der Waals surface area contributed by atoms with Crippen LogP contribution in [0.1, 0.15) is 37.9 Å². The zero-order valence-electron chi connectivity index (χ0n) is 12.8. The van der Waals surface area contributed by atoms with Crippen molar-refractivity contribution in [2.24, 2.45) is 17.8 Å². The Kier molecular flexibility index (Phi) is 4.20. The number of rotatable bonds is 3. The second kappa shape index (κ2) is 6.16. The van der Waals surface area contributed by atoms with E-state index in [0.717, 1.165) is 30.4 Å². The summed E-state index contributed by atoms with van der Waals surface area (Å²) in [6.07, 6.45) is 7.82. The lowest BCUT2D eigenvalue weighted by Gasteiger charge is -2.52. The first-order valence-corrected chi connectivity index (χ1v) is 10.3. The molecule has 0 aromatic carbocycles. The van der Waals surface area contributed by atoms with Gasteiger partial charge in [0.05, 0.1) is 16.9 Å². The number of carbonyl (C=O) groups is 1. The molecule has 3 fully saturated rings. The lowest BCUT2D eigenvalue weighted by molar-refractivity contribution is -0.127. The van der Waals surface area contributed by atoms with E-state index in [0.29, 0.717) is 10.6 Å². The number of thioether (sulfide) groups is 2. The van der Waals surface area contributed by atoms with Crippen molar-refractivity contribution in [1.29, 1.82) is 0 Å². The van der Waals surface area contributed by atoms with E-state index in [9.17, 15) is 4.79 Å². The smallest absolute Gasteiger partial charge is 0.223 e. The van der Waals surface area contributed by atoms with Crippen molar-refractivity contribution in [2.45, 2.75) is 42.7 Å². The van der Waals surface area contributed by atoms with Gasteiger partial charge >= 0.3 is 0 Å². The van der Waals surface area contributed by atoms with Crippen LogP contribution in [0.2, 0.25) is 0 Å². The average molecular weight is 338 g/mol. The molecule has 1 spiro atoms. The maximum Gasteiger partial charge on any atom is 0.223 e. The third-order valence-corrected chi connectivity index (χ3v) is 9.53. The number of carbonyl (C=O) groups excluding carboxylic acids is 1. The Bertz CT molecular complexity index is 509. The predicted octanol–water partition coefficient (Wildman–Crippen LogP) is 3.90. The third-order valence-electron chi connectivity index (χ3n) is 5.51. The molecule has 2 saturated carbocycles. The Morgan fingerprint density at radius 2 is 2.00 bits per heavy atom. The number of amides is 1. The molecule has 3 nitrogen and oxygen atoms in total. The molecular formula is C17H23NO2S2. The van der Waals surface area contributed by atoms with Crippen molar-refractivity contribution in [3.05, 3.63) is 24.2 Å². The quantitative estimate of drug-likeness (QED) is 0.908. The van der Waals surface area contributed by atoms with E-state index in [1.807, 2.05) is 12.1 Å². The first kappa shape index (κ1) is 15.0. The molecule has 3 aliphatic rings. The molecule has 1 amide bonds. The van der Waals surface area contributed by atoms with E-state index >= 15 is 0 Å². The molecule has 120 valence electrons. The molecule has 1 unspecified atom stereocenters. The van der Waals surface area contributed by atoms with E-state index in [4.69, 9.17) is 4.42 Å². The molecule has 2 heterocycles. The van der Waals surface area contributed by atoms with Crippen LogP contribution < -0.4 is 5.32 Å². The Hall–Kier alpha value is -0.550. The molecule has 2 bridgehead atoms. The van der Waals surface area contributed by atoms with Crippen molar-refractivity contribution in [2.75, 3.05) is 11.5 Å². The molecule has 22 heavy (non-hydrogen) atoms. The number of hydrogen-bond donors (Lipinski definition) is 1. The van der Waals surface area contributed by atoms with E-state index in [2.05, 4.69) is 28.8 Å². The van der Waals surface area contributed by atoms with Crippen LogP contribution in [0, 0.1) is 17.8 Å². The van der Waals surface area contributed by atoms with Gasteiger partial charge in [0.2, 0.25) is 5.91 Å². The monoisotopic (exact) mass is 337 g/mol. The predicted molar refractivity (Wildman–Crippen MR) is 91.8 cm³/mol. The molecule has 3 atom stereocenters. The van der Waals surface area contributed by atoms with Gasteiger partial charge in [-0.25, -0.2) is 0 Å². The second-order valence-electron chi connectivity index (χ2n) is 6.71. The average Bonchev–Trinajstić information content (AvgIpc) is 3.17. The second-order valence-corrected chi connectivity index (χ2v) is 9.71. The third kappa shape index (κ3) is 2.60. The SMILES string of the molecule is O=C(NCc1ccco1)C1C[C@H]2CCC[C@@H](C1)C21SCCS1. The van der Waals surface area contributed by atoms with Gasteiger partial charge in [0, 0.05) is 17.4 Å². The topological polar surface area (TPSA) is 42.2 Å². The minimum atomic E-state index is 0.206. The summed E-state index contributed by atoms with van der Waals surface area (Å²) in [6, 6.07) is 3.78. The van der Waals surface area contributed by atoms with Gasteiger partial charge in [-0.2, -0.15) is 0 Å². The summed E-state index contributed by atoms with van der Waals surface area (Å²) in [5.74, 6) is 5.34. The molecule has 1 aromatic rings. The molecule has 1 aliphatic heterocycles. The highest BCUT2D eigenvalue weighted by molar-refractivity contribution is 8.21. The lowest BCUT2D eigenvalue weighted by Crippen LogP contribution is -2.49. The summed E-state index contributed by atoms with van der Waals surface area (Å²) in [5, 5.41) is 3.08. The van der Waals surface area contributed by atoms with Crippen LogP contribution in [0.5, 0.6) is 0 Å². The normalized spacial score (nSPS) is 33.0. The Morgan fingerprint density at radius 1 is 1.27 bits per heavy atom. The minimum absolute atomic E-state index is 0.206. The molecule has 0 radical (unpaired) electrons. The van der Waals surface area contributed by atoms with Gasteiger partial charge in [0.15, 0.2) is 0 Å². The van der Waals surface area contributed by atoms with Crippen LogP contribution >= 0.6 is 23.5 Å². The van der Waals surface area contributed by atoms with Crippen LogP contribution in [0.4, 0.5) is 0 Å². The van der Waals surface area contributed by atoms with Gasteiger partial charge in [-0.3, -0.25) is 4.79 Å². The highest BCUT2D eigenvalue weighted by Crippen LogP contribution is 2.64. The van der Waals surface area contributed by atoms with Crippen LogP contribution in [0.25, 0.3) is 0 Å². The van der Waals surface area contributed by atoms with Crippen molar-refractivity contribution in [1.82, 2.24) is 5.32 Å². The van der Waals surface area contributed by atoms with Gasteiger partial charge < -0.3 is 9.73 Å². The zero-order valence-corrected chi connectivity index (χ0v) is 14.4. The maximum absolute atomic E-state index is 12.6. The maximum atomic E-state index is 12.6. The molecule has 1 aromatic heterocycles. The van der Waals surface area contributed by atoms with Crippen molar-refractivity contribution < 1.29 is 9.21 Å². The van der Waals surface area contributed by atoms with E-state index in [1.165, 1.54) is 30.8 Å². The molecular weight excluding hydrogens is 314 g/mol. The fraction of sp³-hybridized carbons (Fsp3) is 0.706. The zero-order chi connectivity index (χ0) is 15.0. The van der Waals surface area contributed by atoms with Crippen molar-refractivity contribution in [3.8, 4) is 0 Å². The van der Waals surface area contributed by atoms with Gasteiger partial charge in [0.1, 0.15) is 5.76 Å². The van der Waals surface area contributed by atoms with Crippen LogP contribution in [-0.4, -0.2) is 21.5 Å². The summed E-state index contributed by atoms with van der Waals surface area (Å²) in [7, 11) is 0. The van der Waals surface area contributed by atoms with Crippen molar-refractivity contribution >= 4 is 29.4 Å². The fourth-order valence-corrected chi connectivity index (χ4v) is 8.49. The first-order chi connectivity index (χ1) is 10.8. The summed E-state index contributed by atoms with van der Waals surface area (Å²) < 4.78 is 5.75. The molecule has 2 aliphatic carbocycles. The number of nitrogens with one attached hydrogen (secondary N) is 1. The summed E-state index contributed by atoms with van der Waals surface area (Å²) in [6.45, 7) is 0.520. The van der Waals surface area contributed by atoms with E-state index in [-0.39, 0.29) is 11.8 Å². The standard InChI is InChI=1S/C17H23NO2S2/c19-16(18-11-15-5-2-6-20-15)12-9-13-3-1-4-14(10-12)17(13)21-7-8-22-17/h2,5-6,12-14H,1,3-4,7-11H2,(H,18,19)/t12?,13-,14+. The molecule has 4 rings (SSSR count). The molecule has 5 heteroatoms. The highest BCUT2D eigenvalue weighted by Gasteiger charge is 2.55. The Balaban J connectivity index is 1.41. The van der Waals surface area contributed by atoms with Crippen LogP contribution in [0.3, 0.4) is 0 Å². The fourth-order valence-electron chi connectivity index (χ4n) is 4.55. The van der Waals surface area contributed by atoms with Gasteiger partial charge in [-0.05, 0) is 49.7 Å².